The van der Waals surface area contributed by atoms with Crippen LogP contribution in [-0.4, -0.2) is 39.0 Å². The number of esters is 1. The normalized spacial score (nSPS) is 11.4. The molecular formula is C28H56O4. The Morgan fingerprint density at radius 3 is 1.53 bits per heavy atom. The molecule has 4 nitrogen and oxygen atoms in total. The molecule has 0 spiro atoms. The van der Waals surface area contributed by atoms with E-state index in [1.807, 2.05) is 0 Å². The molecule has 32 heavy (non-hydrogen) atoms. The molecular weight excluding hydrogens is 400 g/mol. The molecule has 0 bridgehead atoms. The van der Waals surface area contributed by atoms with Crippen LogP contribution in [0.2, 0.25) is 0 Å². The van der Waals surface area contributed by atoms with Crippen LogP contribution in [0.3, 0.4) is 0 Å². The number of hydrogen-bond donors (Lipinski definition) is 0. The maximum atomic E-state index is 11.7. The van der Waals surface area contributed by atoms with E-state index in [-0.39, 0.29) is 5.97 Å². The Labute approximate surface area is 200 Å². The second-order valence-corrected chi connectivity index (χ2v) is 9.68. The lowest BCUT2D eigenvalue weighted by Crippen LogP contribution is -2.09. The zero-order valence-corrected chi connectivity index (χ0v) is 22.0. The molecule has 0 aliphatic heterocycles. The molecule has 0 saturated heterocycles. The van der Waals surface area contributed by atoms with Crippen molar-refractivity contribution in [2.24, 2.45) is 5.92 Å². The first-order valence-electron chi connectivity index (χ1n) is 14.0. The van der Waals surface area contributed by atoms with E-state index >= 15 is 0 Å². The van der Waals surface area contributed by atoms with Crippen LogP contribution < -0.4 is 0 Å². The van der Waals surface area contributed by atoms with Gasteiger partial charge in [-0.15, -0.1) is 0 Å². The zero-order valence-electron chi connectivity index (χ0n) is 22.0. The molecule has 0 aliphatic rings. The molecule has 0 aromatic carbocycles. The summed E-state index contributed by atoms with van der Waals surface area (Å²) in [6.07, 6.45) is 22.3. The monoisotopic (exact) mass is 456 g/mol. The maximum Gasteiger partial charge on any atom is 0.305 e. The minimum atomic E-state index is -0.0901. The summed E-state index contributed by atoms with van der Waals surface area (Å²) in [6.45, 7) is 10.0. The number of rotatable bonds is 26. The standard InChI is InChI=1S/C28H56O4/c1-4-5-22-30-25-26-31-23-19-21-28(29)32-24-18-16-14-12-10-8-6-7-9-11-13-15-17-20-27(2)3/h27H,4-26H2,1-3H3. The maximum absolute atomic E-state index is 11.7. The number of carbonyl (C=O) groups excluding carboxylic acids is 1. The van der Waals surface area contributed by atoms with Crippen molar-refractivity contribution in [3.63, 3.8) is 0 Å². The van der Waals surface area contributed by atoms with E-state index in [0.717, 1.165) is 38.2 Å². The fourth-order valence-electron chi connectivity index (χ4n) is 3.74. The van der Waals surface area contributed by atoms with E-state index in [9.17, 15) is 4.79 Å². The van der Waals surface area contributed by atoms with Gasteiger partial charge >= 0.3 is 5.97 Å². The lowest BCUT2D eigenvalue weighted by atomic mass is 10.0. The van der Waals surface area contributed by atoms with Crippen LogP contribution in [0.25, 0.3) is 0 Å². The van der Waals surface area contributed by atoms with Crippen LogP contribution in [0.5, 0.6) is 0 Å². The third kappa shape index (κ3) is 27.4. The van der Waals surface area contributed by atoms with Gasteiger partial charge in [0.05, 0.1) is 19.8 Å². The third-order valence-corrected chi connectivity index (χ3v) is 5.87. The Morgan fingerprint density at radius 1 is 0.562 bits per heavy atom. The van der Waals surface area contributed by atoms with Crippen LogP contribution in [-0.2, 0) is 19.0 Å². The fourth-order valence-corrected chi connectivity index (χ4v) is 3.74. The number of carbonyl (C=O) groups is 1. The van der Waals surface area contributed by atoms with Gasteiger partial charge in [0.1, 0.15) is 0 Å². The summed E-state index contributed by atoms with van der Waals surface area (Å²) in [7, 11) is 0. The molecule has 0 fully saturated rings. The highest BCUT2D eigenvalue weighted by molar-refractivity contribution is 5.69. The highest BCUT2D eigenvalue weighted by atomic mass is 16.5. The molecule has 0 aliphatic carbocycles. The van der Waals surface area contributed by atoms with Crippen LogP contribution in [0.1, 0.15) is 136 Å². The number of ether oxygens (including phenoxy) is 3. The molecule has 0 atom stereocenters. The van der Waals surface area contributed by atoms with Gasteiger partial charge in [0.25, 0.3) is 0 Å². The Morgan fingerprint density at radius 2 is 1.03 bits per heavy atom. The molecule has 0 radical (unpaired) electrons. The Kier molecular flexibility index (Phi) is 26.1. The van der Waals surface area contributed by atoms with Crippen LogP contribution in [0.15, 0.2) is 0 Å². The van der Waals surface area contributed by atoms with Gasteiger partial charge < -0.3 is 14.2 Å². The Bertz CT molecular complexity index is 370. The molecule has 0 unspecified atom stereocenters. The first-order valence-corrected chi connectivity index (χ1v) is 14.0. The van der Waals surface area contributed by atoms with Crippen molar-refractivity contribution < 1.29 is 19.0 Å². The second-order valence-electron chi connectivity index (χ2n) is 9.68. The summed E-state index contributed by atoms with van der Waals surface area (Å²) in [5, 5.41) is 0. The molecule has 192 valence electrons. The summed E-state index contributed by atoms with van der Waals surface area (Å²) >= 11 is 0. The van der Waals surface area contributed by atoms with E-state index in [1.165, 1.54) is 83.5 Å². The number of unbranched alkanes of at least 4 members (excludes halogenated alkanes) is 13. The Hall–Kier alpha value is -0.610. The average molecular weight is 457 g/mol. The first kappa shape index (κ1) is 31.4. The van der Waals surface area contributed by atoms with E-state index in [1.54, 1.807) is 0 Å². The van der Waals surface area contributed by atoms with Crippen LogP contribution in [0.4, 0.5) is 0 Å². The highest BCUT2D eigenvalue weighted by Gasteiger charge is 2.02. The summed E-state index contributed by atoms with van der Waals surface area (Å²) < 4.78 is 16.2. The smallest absolute Gasteiger partial charge is 0.305 e. The molecule has 0 rings (SSSR count). The Balaban J connectivity index is 3.14. The minimum Gasteiger partial charge on any atom is -0.466 e. The second kappa shape index (κ2) is 26.6. The largest absolute Gasteiger partial charge is 0.466 e. The fraction of sp³-hybridized carbons (Fsp3) is 0.964. The quantitative estimate of drug-likeness (QED) is 0.0970. The lowest BCUT2D eigenvalue weighted by molar-refractivity contribution is -0.144. The predicted octanol–water partition coefficient (Wildman–Crippen LogP) is 8.26. The molecule has 0 amide bonds. The highest BCUT2D eigenvalue weighted by Crippen LogP contribution is 2.14. The SMILES string of the molecule is CCCCOCCOCCCC(=O)OCCCCCCCCCCCCCCCC(C)C. The van der Waals surface area contributed by atoms with Crippen molar-refractivity contribution in [3.05, 3.63) is 0 Å². The molecule has 0 saturated carbocycles. The average Bonchev–Trinajstić information content (AvgIpc) is 2.77. The van der Waals surface area contributed by atoms with E-state index in [4.69, 9.17) is 14.2 Å². The van der Waals surface area contributed by atoms with Gasteiger partial charge in [-0.1, -0.05) is 111 Å². The first-order chi connectivity index (χ1) is 15.7. The van der Waals surface area contributed by atoms with Crippen LogP contribution in [0, 0.1) is 5.92 Å². The molecule has 0 N–H and O–H groups in total. The van der Waals surface area contributed by atoms with Crippen molar-refractivity contribution >= 4 is 5.97 Å². The van der Waals surface area contributed by atoms with E-state index in [0.29, 0.717) is 32.8 Å². The van der Waals surface area contributed by atoms with Gasteiger partial charge in [-0.2, -0.15) is 0 Å². The van der Waals surface area contributed by atoms with Gasteiger partial charge in [-0.25, -0.2) is 0 Å². The summed E-state index contributed by atoms with van der Waals surface area (Å²) in [6, 6.07) is 0. The lowest BCUT2D eigenvalue weighted by Gasteiger charge is -2.07. The van der Waals surface area contributed by atoms with Gasteiger partial charge in [0.2, 0.25) is 0 Å². The van der Waals surface area contributed by atoms with Gasteiger partial charge in [-0.05, 0) is 25.2 Å². The number of hydrogen-bond acceptors (Lipinski definition) is 4. The summed E-state index contributed by atoms with van der Waals surface area (Å²) in [5.74, 6) is 0.777. The predicted molar refractivity (Wildman–Crippen MR) is 136 cm³/mol. The van der Waals surface area contributed by atoms with Crippen molar-refractivity contribution in [2.45, 2.75) is 136 Å². The van der Waals surface area contributed by atoms with Crippen LogP contribution >= 0.6 is 0 Å². The van der Waals surface area contributed by atoms with Crippen molar-refractivity contribution in [1.29, 1.82) is 0 Å². The van der Waals surface area contributed by atoms with Gasteiger partial charge in [0, 0.05) is 19.6 Å². The van der Waals surface area contributed by atoms with Gasteiger partial charge in [0.15, 0.2) is 0 Å². The van der Waals surface area contributed by atoms with E-state index < -0.39 is 0 Å². The van der Waals surface area contributed by atoms with Crippen molar-refractivity contribution in [2.75, 3.05) is 33.0 Å². The topological polar surface area (TPSA) is 44.8 Å². The molecule has 4 heteroatoms. The zero-order chi connectivity index (χ0) is 23.5. The van der Waals surface area contributed by atoms with Gasteiger partial charge in [-0.3, -0.25) is 4.79 Å². The summed E-state index contributed by atoms with van der Waals surface area (Å²) in [4.78, 5) is 11.7. The summed E-state index contributed by atoms with van der Waals surface area (Å²) in [5.41, 5.74) is 0. The third-order valence-electron chi connectivity index (χ3n) is 5.87. The van der Waals surface area contributed by atoms with Crippen molar-refractivity contribution in [3.8, 4) is 0 Å². The van der Waals surface area contributed by atoms with E-state index in [2.05, 4.69) is 20.8 Å². The molecule has 0 aromatic heterocycles. The minimum absolute atomic E-state index is 0.0901. The van der Waals surface area contributed by atoms with Crippen molar-refractivity contribution in [1.82, 2.24) is 0 Å². The molecule has 0 aromatic rings. The molecule has 0 heterocycles.